The van der Waals surface area contributed by atoms with E-state index in [9.17, 15) is 0 Å². The standard InChI is InChI=1S/C48H52N2/c1-37-33-43(27-23-39-15-7-3-8-16-39)47(44(34-37)28-24-40-17-9-4-10-18-40)49-31-32-50-48-45(29-25-41-19-11-5-12-20-41)35-38(2)36-46(48)30-26-42-21-13-6-14-22-42/h3-22,33-36,49-50H,23-32H2,1-2H3. The summed E-state index contributed by atoms with van der Waals surface area (Å²) in [5, 5.41) is 7.91. The fraction of sp³-hybridized carbons (Fsp3) is 0.250. The Morgan fingerprint density at radius 1 is 0.320 bits per heavy atom. The summed E-state index contributed by atoms with van der Waals surface area (Å²) in [7, 11) is 0. The summed E-state index contributed by atoms with van der Waals surface area (Å²) in [5.41, 5.74) is 16.5. The zero-order valence-electron chi connectivity index (χ0n) is 29.9. The average Bonchev–Trinajstić information content (AvgIpc) is 3.16. The van der Waals surface area contributed by atoms with E-state index < -0.39 is 0 Å². The highest BCUT2D eigenvalue weighted by molar-refractivity contribution is 5.62. The minimum absolute atomic E-state index is 0.851. The van der Waals surface area contributed by atoms with Crippen molar-refractivity contribution in [3.63, 3.8) is 0 Å². The van der Waals surface area contributed by atoms with Crippen LogP contribution in [0.2, 0.25) is 0 Å². The van der Waals surface area contributed by atoms with E-state index in [1.807, 2.05) is 0 Å². The number of benzene rings is 6. The van der Waals surface area contributed by atoms with Crippen molar-refractivity contribution in [1.82, 2.24) is 0 Å². The summed E-state index contributed by atoms with van der Waals surface area (Å²) < 4.78 is 0. The van der Waals surface area contributed by atoms with Gasteiger partial charge < -0.3 is 10.6 Å². The molecule has 0 aromatic heterocycles. The van der Waals surface area contributed by atoms with E-state index in [4.69, 9.17) is 0 Å². The molecular formula is C48H52N2. The van der Waals surface area contributed by atoms with Crippen LogP contribution >= 0.6 is 0 Å². The van der Waals surface area contributed by atoms with Gasteiger partial charge in [0.25, 0.3) is 0 Å². The molecule has 2 nitrogen and oxygen atoms in total. The molecule has 0 heterocycles. The van der Waals surface area contributed by atoms with Crippen LogP contribution in [0.25, 0.3) is 0 Å². The van der Waals surface area contributed by atoms with Crippen LogP contribution in [0, 0.1) is 13.8 Å². The second kappa shape index (κ2) is 18.1. The van der Waals surface area contributed by atoms with Crippen molar-refractivity contribution in [3.8, 4) is 0 Å². The summed E-state index contributed by atoms with van der Waals surface area (Å²) >= 11 is 0. The van der Waals surface area contributed by atoms with Gasteiger partial charge in [0.05, 0.1) is 0 Å². The number of hydrogen-bond donors (Lipinski definition) is 2. The average molecular weight is 657 g/mol. The number of rotatable bonds is 17. The maximum atomic E-state index is 3.96. The van der Waals surface area contributed by atoms with Crippen LogP contribution in [0.3, 0.4) is 0 Å². The van der Waals surface area contributed by atoms with E-state index in [0.29, 0.717) is 0 Å². The maximum absolute atomic E-state index is 3.96. The van der Waals surface area contributed by atoms with E-state index in [-0.39, 0.29) is 0 Å². The molecule has 2 N–H and O–H groups in total. The van der Waals surface area contributed by atoms with E-state index in [1.165, 1.54) is 67.0 Å². The van der Waals surface area contributed by atoms with Crippen molar-refractivity contribution >= 4 is 11.4 Å². The van der Waals surface area contributed by atoms with Gasteiger partial charge in [-0.1, -0.05) is 157 Å². The lowest BCUT2D eigenvalue weighted by Crippen LogP contribution is -2.18. The number of anilines is 2. The van der Waals surface area contributed by atoms with Gasteiger partial charge in [0.2, 0.25) is 0 Å². The van der Waals surface area contributed by atoms with Crippen LogP contribution in [0.15, 0.2) is 146 Å². The summed E-state index contributed by atoms with van der Waals surface area (Å²) in [4.78, 5) is 0. The van der Waals surface area contributed by atoms with Gasteiger partial charge in [0.15, 0.2) is 0 Å². The molecule has 0 radical (unpaired) electrons. The molecule has 6 aromatic carbocycles. The Hall–Kier alpha value is -5.08. The smallest absolute Gasteiger partial charge is 0.0406 e. The molecule has 0 amide bonds. The van der Waals surface area contributed by atoms with E-state index in [1.54, 1.807) is 0 Å². The van der Waals surface area contributed by atoms with Crippen LogP contribution < -0.4 is 10.6 Å². The zero-order chi connectivity index (χ0) is 34.4. The largest absolute Gasteiger partial charge is 0.383 e. The molecule has 0 bridgehead atoms. The van der Waals surface area contributed by atoms with Crippen LogP contribution in [-0.4, -0.2) is 13.1 Å². The Balaban J connectivity index is 1.21. The number of hydrogen-bond acceptors (Lipinski definition) is 2. The molecule has 0 unspecified atom stereocenters. The lowest BCUT2D eigenvalue weighted by molar-refractivity contribution is 0.912. The Morgan fingerprint density at radius 3 is 0.800 bits per heavy atom. The molecule has 0 saturated heterocycles. The van der Waals surface area contributed by atoms with Crippen LogP contribution in [0.5, 0.6) is 0 Å². The van der Waals surface area contributed by atoms with Crippen molar-refractivity contribution in [2.45, 2.75) is 65.2 Å². The van der Waals surface area contributed by atoms with Crippen LogP contribution in [-0.2, 0) is 51.4 Å². The Kier molecular flexibility index (Phi) is 12.6. The Morgan fingerprint density at radius 2 is 0.560 bits per heavy atom. The summed E-state index contributed by atoms with van der Waals surface area (Å²) in [6.07, 6.45) is 8.22. The molecule has 0 fully saturated rings. The topological polar surface area (TPSA) is 24.1 Å². The molecule has 0 atom stereocenters. The predicted molar refractivity (Wildman–Crippen MR) is 215 cm³/mol. The summed E-state index contributed by atoms with van der Waals surface area (Å²) in [5.74, 6) is 0. The first-order valence-corrected chi connectivity index (χ1v) is 18.5. The van der Waals surface area contributed by atoms with E-state index in [2.05, 4.69) is 170 Å². The van der Waals surface area contributed by atoms with Crippen LogP contribution in [0.4, 0.5) is 11.4 Å². The van der Waals surface area contributed by atoms with Gasteiger partial charge >= 0.3 is 0 Å². The van der Waals surface area contributed by atoms with Crippen molar-refractivity contribution in [1.29, 1.82) is 0 Å². The Bertz CT molecular complexity index is 1630. The zero-order valence-corrected chi connectivity index (χ0v) is 29.9. The SMILES string of the molecule is Cc1cc(CCc2ccccc2)c(NCCNc2c(CCc3ccccc3)cc(C)cc2CCc2ccccc2)c(CCc2ccccc2)c1. The van der Waals surface area contributed by atoms with Crippen molar-refractivity contribution < 1.29 is 0 Å². The van der Waals surface area contributed by atoms with Gasteiger partial charge in [-0.15, -0.1) is 0 Å². The second-order valence-electron chi connectivity index (χ2n) is 13.7. The summed E-state index contributed by atoms with van der Waals surface area (Å²) in [6.45, 7) is 6.19. The van der Waals surface area contributed by atoms with Crippen molar-refractivity contribution in [3.05, 3.63) is 201 Å². The lowest BCUT2D eigenvalue weighted by Gasteiger charge is -2.21. The monoisotopic (exact) mass is 656 g/mol. The fourth-order valence-corrected chi connectivity index (χ4v) is 7.20. The number of aryl methyl sites for hydroxylation is 10. The molecule has 2 heteroatoms. The normalized spacial score (nSPS) is 11.0. The first-order chi connectivity index (χ1) is 24.6. The Labute approximate surface area is 300 Å². The van der Waals surface area contributed by atoms with Gasteiger partial charge in [0.1, 0.15) is 0 Å². The summed E-state index contributed by atoms with van der Waals surface area (Å²) in [6, 6.07) is 53.1. The molecule has 0 aliphatic carbocycles. The predicted octanol–water partition coefficient (Wildman–Crippen LogP) is 11.0. The molecule has 6 rings (SSSR count). The molecule has 0 aliphatic rings. The number of nitrogens with one attached hydrogen (secondary N) is 2. The van der Waals surface area contributed by atoms with Gasteiger partial charge in [0, 0.05) is 24.5 Å². The highest BCUT2D eigenvalue weighted by Gasteiger charge is 2.14. The van der Waals surface area contributed by atoms with Crippen molar-refractivity contribution in [2.24, 2.45) is 0 Å². The third-order valence-corrected chi connectivity index (χ3v) is 9.72. The fourth-order valence-electron chi connectivity index (χ4n) is 7.20. The molecule has 50 heavy (non-hydrogen) atoms. The molecule has 0 saturated carbocycles. The maximum Gasteiger partial charge on any atom is 0.0406 e. The van der Waals surface area contributed by atoms with Gasteiger partial charge in [-0.25, -0.2) is 0 Å². The second-order valence-corrected chi connectivity index (χ2v) is 13.7. The first-order valence-electron chi connectivity index (χ1n) is 18.5. The molecule has 254 valence electrons. The molecular weight excluding hydrogens is 605 g/mol. The van der Waals surface area contributed by atoms with E-state index >= 15 is 0 Å². The molecule has 6 aromatic rings. The highest BCUT2D eigenvalue weighted by Crippen LogP contribution is 2.29. The molecule has 0 aliphatic heterocycles. The lowest BCUT2D eigenvalue weighted by atomic mass is 9.94. The van der Waals surface area contributed by atoms with Gasteiger partial charge in [-0.3, -0.25) is 0 Å². The van der Waals surface area contributed by atoms with E-state index in [0.717, 1.165) is 64.5 Å². The highest BCUT2D eigenvalue weighted by atomic mass is 15.0. The molecule has 0 spiro atoms. The van der Waals surface area contributed by atoms with Crippen LogP contribution in [0.1, 0.15) is 55.6 Å². The van der Waals surface area contributed by atoms with Gasteiger partial charge in [-0.05, 0) is 110 Å². The minimum atomic E-state index is 0.851. The van der Waals surface area contributed by atoms with Crippen molar-refractivity contribution in [2.75, 3.05) is 23.7 Å². The third kappa shape index (κ3) is 10.2. The van der Waals surface area contributed by atoms with Gasteiger partial charge in [-0.2, -0.15) is 0 Å². The quantitative estimate of drug-likeness (QED) is 0.0955. The first kappa shape index (κ1) is 34.8. The minimum Gasteiger partial charge on any atom is -0.383 e. The third-order valence-electron chi connectivity index (χ3n) is 9.72.